The van der Waals surface area contributed by atoms with Gasteiger partial charge in [0, 0.05) is 6.42 Å². The molecule has 1 N–H and O–H groups in total. The SMILES string of the molecule is C[C@@H](CC[C@@]1(C)[C@H](C)CC[C@@]2(C)C(C=O)=CCC[C@H]12)CC(=O)O. The Hall–Kier alpha value is -1.12. The molecule has 0 aromatic heterocycles. The molecule has 0 unspecified atom stereocenters. The van der Waals surface area contributed by atoms with Crippen LogP contribution in [0, 0.1) is 28.6 Å². The van der Waals surface area contributed by atoms with Crippen LogP contribution >= 0.6 is 0 Å². The molecule has 0 aliphatic heterocycles. The van der Waals surface area contributed by atoms with Crippen LogP contribution in [0.1, 0.15) is 72.6 Å². The first-order chi connectivity index (χ1) is 10.7. The molecule has 130 valence electrons. The predicted molar refractivity (Wildman–Crippen MR) is 92.1 cm³/mol. The number of carbonyl (C=O) groups is 2. The van der Waals surface area contributed by atoms with Crippen molar-refractivity contribution in [3.8, 4) is 0 Å². The molecule has 0 heterocycles. The lowest BCUT2D eigenvalue weighted by Crippen LogP contribution is -2.50. The van der Waals surface area contributed by atoms with Crippen molar-refractivity contribution < 1.29 is 14.7 Å². The van der Waals surface area contributed by atoms with Crippen molar-refractivity contribution in [2.75, 3.05) is 0 Å². The molecule has 0 spiro atoms. The highest BCUT2D eigenvalue weighted by Gasteiger charge is 2.53. The van der Waals surface area contributed by atoms with Crippen LogP contribution in [0.15, 0.2) is 11.6 Å². The molecule has 0 aromatic rings. The van der Waals surface area contributed by atoms with Crippen molar-refractivity contribution in [1.29, 1.82) is 0 Å². The summed E-state index contributed by atoms with van der Waals surface area (Å²) in [5.74, 6) is 0.673. The smallest absolute Gasteiger partial charge is 0.303 e. The van der Waals surface area contributed by atoms with Crippen molar-refractivity contribution in [3.05, 3.63) is 11.6 Å². The van der Waals surface area contributed by atoms with Crippen LogP contribution in [0.2, 0.25) is 0 Å². The van der Waals surface area contributed by atoms with E-state index in [1.54, 1.807) is 0 Å². The molecule has 0 bridgehead atoms. The third-order valence-electron chi connectivity index (χ3n) is 7.09. The fraction of sp³-hybridized carbons (Fsp3) is 0.800. The Balaban J connectivity index is 2.19. The Labute approximate surface area is 140 Å². The summed E-state index contributed by atoms with van der Waals surface area (Å²) in [6, 6.07) is 0. The molecule has 1 fully saturated rings. The highest BCUT2D eigenvalue weighted by Crippen LogP contribution is 2.61. The molecule has 0 aromatic carbocycles. The van der Waals surface area contributed by atoms with Gasteiger partial charge < -0.3 is 5.11 Å². The minimum atomic E-state index is -0.701. The van der Waals surface area contributed by atoms with Gasteiger partial charge in [-0.1, -0.05) is 33.8 Å². The Morgan fingerprint density at radius 1 is 1.43 bits per heavy atom. The Morgan fingerprint density at radius 3 is 2.74 bits per heavy atom. The zero-order valence-corrected chi connectivity index (χ0v) is 15.1. The number of aliphatic carboxylic acids is 1. The lowest BCUT2D eigenvalue weighted by molar-refractivity contribution is -0.138. The normalized spacial score (nSPS) is 38.3. The summed E-state index contributed by atoms with van der Waals surface area (Å²) in [6.45, 7) is 9.06. The minimum absolute atomic E-state index is 0.0112. The molecule has 3 nitrogen and oxygen atoms in total. The molecular formula is C20H32O3. The van der Waals surface area contributed by atoms with Crippen molar-refractivity contribution >= 4 is 12.3 Å². The molecule has 5 atom stereocenters. The van der Waals surface area contributed by atoms with Crippen LogP contribution in [-0.2, 0) is 9.59 Å². The molecule has 0 saturated heterocycles. The van der Waals surface area contributed by atoms with Crippen LogP contribution in [0.3, 0.4) is 0 Å². The van der Waals surface area contributed by atoms with Gasteiger partial charge in [0.25, 0.3) is 0 Å². The standard InChI is InChI=1S/C20H32O3/c1-14(12-18(22)23)8-10-19(3)15(2)9-11-20(4)16(13-21)6-5-7-17(19)20/h6,13-15,17H,5,7-12H2,1-4H3,(H,22,23)/t14-,15+,17+,19-,20-/m0/s1. The van der Waals surface area contributed by atoms with Crippen LogP contribution < -0.4 is 0 Å². The van der Waals surface area contributed by atoms with Gasteiger partial charge in [0.2, 0.25) is 0 Å². The molecule has 1 saturated carbocycles. The molecule has 3 heteroatoms. The summed E-state index contributed by atoms with van der Waals surface area (Å²) < 4.78 is 0. The molecule has 2 aliphatic carbocycles. The summed E-state index contributed by atoms with van der Waals surface area (Å²) in [7, 11) is 0. The molecule has 23 heavy (non-hydrogen) atoms. The first-order valence-electron chi connectivity index (χ1n) is 9.11. The van der Waals surface area contributed by atoms with E-state index in [2.05, 4.69) is 26.8 Å². The second-order valence-corrected chi connectivity index (χ2v) is 8.51. The largest absolute Gasteiger partial charge is 0.481 e. The van der Waals surface area contributed by atoms with Crippen molar-refractivity contribution in [1.82, 2.24) is 0 Å². The van der Waals surface area contributed by atoms with Gasteiger partial charge in [-0.3, -0.25) is 9.59 Å². The van der Waals surface area contributed by atoms with E-state index in [-0.39, 0.29) is 23.2 Å². The minimum Gasteiger partial charge on any atom is -0.481 e. The van der Waals surface area contributed by atoms with Gasteiger partial charge in [-0.15, -0.1) is 0 Å². The summed E-state index contributed by atoms with van der Waals surface area (Å²) in [4.78, 5) is 22.5. The van der Waals surface area contributed by atoms with E-state index in [1.165, 1.54) is 0 Å². The van der Waals surface area contributed by atoms with E-state index in [1.807, 2.05) is 6.92 Å². The van der Waals surface area contributed by atoms with Gasteiger partial charge in [0.05, 0.1) is 0 Å². The average Bonchev–Trinajstić information content (AvgIpc) is 2.48. The average molecular weight is 320 g/mol. The van der Waals surface area contributed by atoms with Crippen molar-refractivity contribution in [2.45, 2.75) is 72.6 Å². The van der Waals surface area contributed by atoms with Gasteiger partial charge in [0.15, 0.2) is 0 Å². The Bertz CT molecular complexity index is 495. The van der Waals surface area contributed by atoms with Crippen LogP contribution in [0.5, 0.6) is 0 Å². The van der Waals surface area contributed by atoms with Gasteiger partial charge in [0.1, 0.15) is 6.29 Å². The maximum atomic E-state index is 11.6. The van der Waals surface area contributed by atoms with E-state index in [9.17, 15) is 9.59 Å². The highest BCUT2D eigenvalue weighted by atomic mass is 16.4. The quantitative estimate of drug-likeness (QED) is 0.711. The first kappa shape index (κ1) is 18.2. The number of rotatable bonds is 6. The maximum absolute atomic E-state index is 11.6. The Morgan fingerprint density at radius 2 is 2.13 bits per heavy atom. The zero-order chi connectivity index (χ0) is 17.3. The number of fused-ring (bicyclic) bond motifs is 1. The maximum Gasteiger partial charge on any atom is 0.303 e. The first-order valence-corrected chi connectivity index (χ1v) is 9.11. The lowest BCUT2D eigenvalue weighted by Gasteiger charge is -2.57. The fourth-order valence-corrected chi connectivity index (χ4v) is 5.28. The molecule has 2 rings (SSSR count). The summed E-state index contributed by atoms with van der Waals surface area (Å²) in [6.07, 6.45) is 9.91. The van der Waals surface area contributed by atoms with Crippen LogP contribution in [0.25, 0.3) is 0 Å². The van der Waals surface area contributed by atoms with Crippen LogP contribution in [0.4, 0.5) is 0 Å². The number of carbonyl (C=O) groups excluding carboxylic acids is 1. The fourth-order valence-electron chi connectivity index (χ4n) is 5.28. The third-order valence-corrected chi connectivity index (χ3v) is 7.09. The molecule has 2 aliphatic rings. The van der Waals surface area contributed by atoms with E-state index < -0.39 is 5.97 Å². The van der Waals surface area contributed by atoms with Gasteiger partial charge >= 0.3 is 5.97 Å². The van der Waals surface area contributed by atoms with Gasteiger partial charge in [-0.25, -0.2) is 0 Å². The lowest BCUT2D eigenvalue weighted by atomic mass is 9.47. The summed E-state index contributed by atoms with van der Waals surface area (Å²) in [5.41, 5.74) is 1.21. The second-order valence-electron chi connectivity index (χ2n) is 8.51. The van der Waals surface area contributed by atoms with Gasteiger partial charge in [-0.05, 0) is 72.7 Å². The topological polar surface area (TPSA) is 54.4 Å². The van der Waals surface area contributed by atoms with Crippen molar-refractivity contribution in [3.63, 3.8) is 0 Å². The zero-order valence-electron chi connectivity index (χ0n) is 15.1. The van der Waals surface area contributed by atoms with Crippen LogP contribution in [-0.4, -0.2) is 17.4 Å². The number of hydrogen-bond donors (Lipinski definition) is 1. The summed E-state index contributed by atoms with van der Waals surface area (Å²) in [5, 5.41) is 8.99. The highest BCUT2D eigenvalue weighted by molar-refractivity contribution is 5.76. The van der Waals surface area contributed by atoms with Crippen molar-refractivity contribution in [2.24, 2.45) is 28.6 Å². The number of carboxylic acids is 1. The van der Waals surface area contributed by atoms with E-state index >= 15 is 0 Å². The Kier molecular flexibility index (Phi) is 5.37. The second kappa shape index (κ2) is 6.78. The van der Waals surface area contributed by atoms with E-state index in [4.69, 9.17) is 5.11 Å². The number of carboxylic acid groups (broad SMARTS) is 1. The molecule has 0 radical (unpaired) electrons. The number of allylic oxidation sites excluding steroid dienone is 2. The molecule has 0 amide bonds. The number of aldehydes is 1. The molecular weight excluding hydrogens is 288 g/mol. The van der Waals surface area contributed by atoms with E-state index in [0.29, 0.717) is 11.8 Å². The predicted octanol–water partition coefficient (Wildman–Crippen LogP) is 4.86. The number of hydrogen-bond acceptors (Lipinski definition) is 2. The third kappa shape index (κ3) is 3.39. The van der Waals surface area contributed by atoms with E-state index in [0.717, 1.165) is 50.4 Å². The monoisotopic (exact) mass is 320 g/mol. The van der Waals surface area contributed by atoms with Gasteiger partial charge in [-0.2, -0.15) is 0 Å². The summed E-state index contributed by atoms with van der Waals surface area (Å²) >= 11 is 0.